The fraction of sp³-hybridized carbons (Fsp3) is 0.429. The summed E-state index contributed by atoms with van der Waals surface area (Å²) in [7, 11) is 0. The average molecular weight is 330 g/mol. The van der Waals surface area contributed by atoms with Gasteiger partial charge in [0.05, 0.1) is 18.8 Å². The molecule has 20 heavy (non-hydrogen) atoms. The fourth-order valence-corrected chi connectivity index (χ4v) is 1.97. The molecule has 0 aliphatic rings. The van der Waals surface area contributed by atoms with Crippen molar-refractivity contribution in [2.45, 2.75) is 12.8 Å². The van der Waals surface area contributed by atoms with Crippen molar-refractivity contribution < 1.29 is 14.3 Å². The van der Waals surface area contributed by atoms with Crippen molar-refractivity contribution in [3.05, 3.63) is 35.4 Å². The van der Waals surface area contributed by atoms with Gasteiger partial charge in [-0.2, -0.15) is 25.3 Å². The minimum Gasteiger partial charge on any atom is -0.483 e. The molecule has 0 radical (unpaired) electrons. The molecule has 0 heterocycles. The summed E-state index contributed by atoms with van der Waals surface area (Å²) < 4.78 is 10.6. The maximum Gasteiger partial charge on any atom is 0.338 e. The first-order valence-electron chi connectivity index (χ1n) is 6.35. The summed E-state index contributed by atoms with van der Waals surface area (Å²) in [6.45, 7) is 0.843. The van der Waals surface area contributed by atoms with Crippen LogP contribution in [-0.4, -0.2) is 35.7 Å². The number of carbonyl (C=O) groups is 1. The summed E-state index contributed by atoms with van der Waals surface area (Å²) in [5.41, 5.74) is 1.03. The lowest BCUT2D eigenvalue weighted by atomic mass is 10.1. The molecule has 0 spiro atoms. The SMILES string of the molecule is O=C(OCCCS)c1ccccc1C(=S)OCCCS. The molecule has 0 saturated carbocycles. The van der Waals surface area contributed by atoms with Gasteiger partial charge in [-0.05, 0) is 48.7 Å². The van der Waals surface area contributed by atoms with Gasteiger partial charge < -0.3 is 9.47 Å². The summed E-state index contributed by atoms with van der Waals surface area (Å²) in [6, 6.07) is 7.04. The van der Waals surface area contributed by atoms with E-state index in [2.05, 4.69) is 25.3 Å². The van der Waals surface area contributed by atoms with Crippen molar-refractivity contribution in [2.75, 3.05) is 24.7 Å². The van der Waals surface area contributed by atoms with Gasteiger partial charge in [-0.3, -0.25) is 0 Å². The van der Waals surface area contributed by atoms with Gasteiger partial charge in [-0.25, -0.2) is 4.79 Å². The number of hydrogen-bond acceptors (Lipinski definition) is 6. The van der Waals surface area contributed by atoms with Crippen molar-refractivity contribution in [3.8, 4) is 0 Å². The topological polar surface area (TPSA) is 35.5 Å². The third kappa shape index (κ3) is 5.73. The zero-order valence-corrected chi connectivity index (χ0v) is 13.7. The maximum atomic E-state index is 12.0. The molecular formula is C14H18O3S3. The Balaban J connectivity index is 2.71. The molecule has 0 aliphatic heterocycles. The van der Waals surface area contributed by atoms with Crippen LogP contribution in [0.1, 0.15) is 28.8 Å². The van der Waals surface area contributed by atoms with Gasteiger partial charge in [0.1, 0.15) is 0 Å². The Bertz CT molecular complexity index is 408. The summed E-state index contributed by atoms with van der Waals surface area (Å²) in [6.07, 6.45) is 1.53. The van der Waals surface area contributed by atoms with Crippen molar-refractivity contribution in [3.63, 3.8) is 0 Å². The van der Waals surface area contributed by atoms with Crippen LogP contribution >= 0.6 is 37.5 Å². The molecular weight excluding hydrogens is 312 g/mol. The molecule has 1 aromatic carbocycles. The molecule has 6 heteroatoms. The monoisotopic (exact) mass is 330 g/mol. The quantitative estimate of drug-likeness (QED) is 0.332. The van der Waals surface area contributed by atoms with E-state index in [0.717, 1.165) is 18.6 Å². The number of thiol groups is 2. The van der Waals surface area contributed by atoms with Gasteiger partial charge >= 0.3 is 5.97 Å². The molecule has 1 rings (SSSR count). The van der Waals surface area contributed by atoms with Crippen LogP contribution in [0.2, 0.25) is 0 Å². The Kier molecular flexibility index (Phi) is 8.73. The minimum absolute atomic E-state index is 0.313. The van der Waals surface area contributed by atoms with Gasteiger partial charge in [-0.1, -0.05) is 12.1 Å². The van der Waals surface area contributed by atoms with E-state index in [0.29, 0.717) is 35.1 Å². The van der Waals surface area contributed by atoms with E-state index in [-0.39, 0.29) is 5.97 Å². The highest BCUT2D eigenvalue weighted by atomic mass is 32.1. The van der Waals surface area contributed by atoms with Crippen LogP contribution in [0.25, 0.3) is 0 Å². The zero-order chi connectivity index (χ0) is 14.8. The van der Waals surface area contributed by atoms with Gasteiger partial charge in [0, 0.05) is 5.56 Å². The standard InChI is InChI=1S/C14H18O3S3/c15-13(16-7-3-9-18)11-5-1-2-6-12(11)14(20)17-8-4-10-19/h1-2,5-6,18-19H,3-4,7-10H2. The second-order valence-electron chi connectivity index (χ2n) is 3.97. The molecule has 0 aliphatic carbocycles. The number of thiocarbonyl (C=S) groups is 1. The van der Waals surface area contributed by atoms with Crippen molar-refractivity contribution in [1.82, 2.24) is 0 Å². The highest BCUT2D eigenvalue weighted by molar-refractivity contribution is 7.80. The number of carbonyl (C=O) groups excluding carboxylic acids is 1. The van der Waals surface area contributed by atoms with Crippen LogP contribution < -0.4 is 0 Å². The lowest BCUT2D eigenvalue weighted by Gasteiger charge is -2.11. The van der Waals surface area contributed by atoms with Crippen LogP contribution in [0.15, 0.2) is 24.3 Å². The Hall–Kier alpha value is -0.720. The number of rotatable bonds is 8. The summed E-state index contributed by atoms with van der Waals surface area (Å²) in [5.74, 6) is 1.03. The largest absolute Gasteiger partial charge is 0.483 e. The predicted octanol–water partition coefficient (Wildman–Crippen LogP) is 3.18. The molecule has 0 atom stereocenters. The molecule has 110 valence electrons. The second-order valence-corrected chi connectivity index (χ2v) is 5.24. The Morgan fingerprint density at radius 2 is 1.55 bits per heavy atom. The smallest absolute Gasteiger partial charge is 0.338 e. The first kappa shape index (κ1) is 17.3. The number of ether oxygens (including phenoxy) is 2. The Morgan fingerprint density at radius 3 is 2.15 bits per heavy atom. The fourth-order valence-electron chi connectivity index (χ4n) is 1.45. The normalized spacial score (nSPS) is 10.1. The van der Waals surface area contributed by atoms with Gasteiger partial charge in [0.2, 0.25) is 0 Å². The summed E-state index contributed by atoms with van der Waals surface area (Å²) >= 11 is 13.4. The molecule has 0 amide bonds. The molecule has 0 saturated heterocycles. The molecule has 0 aromatic heterocycles. The van der Waals surface area contributed by atoms with E-state index in [1.165, 1.54) is 0 Å². The van der Waals surface area contributed by atoms with Crippen molar-refractivity contribution in [2.24, 2.45) is 0 Å². The average Bonchev–Trinajstić information content (AvgIpc) is 2.47. The first-order valence-corrected chi connectivity index (χ1v) is 8.03. The predicted molar refractivity (Wildman–Crippen MR) is 91.3 cm³/mol. The van der Waals surface area contributed by atoms with E-state index in [1.54, 1.807) is 18.2 Å². The lowest BCUT2D eigenvalue weighted by Crippen LogP contribution is -2.14. The summed E-state index contributed by atoms with van der Waals surface area (Å²) in [5, 5.41) is 0.313. The highest BCUT2D eigenvalue weighted by Crippen LogP contribution is 2.13. The third-order valence-electron chi connectivity index (χ3n) is 2.44. The van der Waals surface area contributed by atoms with Crippen molar-refractivity contribution in [1.29, 1.82) is 0 Å². The van der Waals surface area contributed by atoms with Crippen LogP contribution in [0.3, 0.4) is 0 Å². The highest BCUT2D eigenvalue weighted by Gasteiger charge is 2.16. The lowest BCUT2D eigenvalue weighted by molar-refractivity contribution is 0.0506. The minimum atomic E-state index is -0.387. The van der Waals surface area contributed by atoms with E-state index < -0.39 is 0 Å². The van der Waals surface area contributed by atoms with Gasteiger partial charge in [-0.15, -0.1) is 0 Å². The maximum absolute atomic E-state index is 12.0. The van der Waals surface area contributed by atoms with E-state index in [4.69, 9.17) is 21.7 Å². The number of benzene rings is 1. The van der Waals surface area contributed by atoms with Crippen molar-refractivity contribution >= 4 is 48.5 Å². The second kappa shape index (κ2) is 10.1. The molecule has 0 fully saturated rings. The molecule has 0 bridgehead atoms. The Morgan fingerprint density at radius 1 is 1.00 bits per heavy atom. The first-order chi connectivity index (χ1) is 9.70. The molecule has 1 aromatic rings. The van der Waals surface area contributed by atoms with E-state index >= 15 is 0 Å². The van der Waals surface area contributed by atoms with E-state index in [1.807, 2.05) is 6.07 Å². The zero-order valence-electron chi connectivity index (χ0n) is 11.1. The van der Waals surface area contributed by atoms with Gasteiger partial charge in [0.25, 0.3) is 0 Å². The van der Waals surface area contributed by atoms with Crippen LogP contribution in [0, 0.1) is 0 Å². The Labute approximate surface area is 135 Å². The number of esters is 1. The third-order valence-corrected chi connectivity index (χ3v) is 3.41. The van der Waals surface area contributed by atoms with Crippen LogP contribution in [0.4, 0.5) is 0 Å². The number of hydrogen-bond donors (Lipinski definition) is 2. The molecule has 3 nitrogen and oxygen atoms in total. The molecule has 0 N–H and O–H groups in total. The van der Waals surface area contributed by atoms with Crippen LogP contribution in [0.5, 0.6) is 0 Å². The molecule has 0 unspecified atom stereocenters. The van der Waals surface area contributed by atoms with E-state index in [9.17, 15) is 4.79 Å². The van der Waals surface area contributed by atoms with Crippen LogP contribution in [-0.2, 0) is 9.47 Å². The van der Waals surface area contributed by atoms with Gasteiger partial charge in [0.15, 0.2) is 5.05 Å². The summed E-state index contributed by atoms with van der Waals surface area (Å²) in [4.78, 5) is 12.0.